The van der Waals surface area contributed by atoms with E-state index in [4.69, 9.17) is 0 Å². The number of aliphatic imine (C=N–C) groups is 1. The Morgan fingerprint density at radius 2 is 2.00 bits per heavy atom. The van der Waals surface area contributed by atoms with Gasteiger partial charge in [0, 0.05) is 24.5 Å². The topological polar surface area (TPSA) is 39.7 Å². The van der Waals surface area contributed by atoms with Gasteiger partial charge in [-0.25, -0.2) is 4.99 Å². The van der Waals surface area contributed by atoms with Crippen LogP contribution in [-0.4, -0.2) is 43.6 Å². The maximum absolute atomic E-state index is 4.59. The summed E-state index contributed by atoms with van der Waals surface area (Å²) < 4.78 is 0. The Labute approximate surface area is 144 Å². The number of nitrogens with zero attached hydrogens (tertiary/aromatic N) is 2. The van der Waals surface area contributed by atoms with Gasteiger partial charge in [-0.2, -0.15) is 0 Å². The fraction of sp³-hybridized carbons (Fsp3) is 0.643. The van der Waals surface area contributed by atoms with Crippen molar-refractivity contribution in [2.45, 2.75) is 27.3 Å². The molecule has 0 saturated carbocycles. The van der Waals surface area contributed by atoms with Crippen LogP contribution in [0.1, 0.15) is 25.6 Å². The lowest BCUT2D eigenvalue weighted by atomic mass is 10.4. The Morgan fingerprint density at radius 3 is 2.55 bits per heavy atom. The summed E-state index contributed by atoms with van der Waals surface area (Å²) in [6, 6.07) is 4.18. The fourth-order valence-electron chi connectivity index (χ4n) is 1.77. The van der Waals surface area contributed by atoms with Gasteiger partial charge in [-0.15, -0.1) is 35.3 Å². The van der Waals surface area contributed by atoms with E-state index >= 15 is 0 Å². The summed E-state index contributed by atoms with van der Waals surface area (Å²) in [5.41, 5.74) is 0. The van der Waals surface area contributed by atoms with Gasteiger partial charge >= 0.3 is 0 Å². The van der Waals surface area contributed by atoms with Gasteiger partial charge < -0.3 is 15.5 Å². The number of likely N-dealkylation sites (N-methyl/N-ethyl adjacent to an activating group) is 1. The summed E-state index contributed by atoms with van der Waals surface area (Å²) in [5.74, 6) is 0.906. The molecule has 0 fully saturated rings. The molecule has 0 aliphatic heterocycles. The molecule has 0 unspecified atom stereocenters. The lowest BCUT2D eigenvalue weighted by Gasteiger charge is -2.19. The van der Waals surface area contributed by atoms with Crippen molar-refractivity contribution >= 4 is 41.3 Å². The first kappa shape index (κ1) is 19.7. The number of hydrogen-bond acceptors (Lipinski definition) is 3. The van der Waals surface area contributed by atoms with Crippen LogP contribution in [-0.2, 0) is 6.54 Å². The number of nitrogens with one attached hydrogen (secondary N) is 2. The van der Waals surface area contributed by atoms with Crippen LogP contribution in [0.3, 0.4) is 0 Å². The highest BCUT2D eigenvalue weighted by molar-refractivity contribution is 14.0. The Balaban J connectivity index is 0.00000361. The van der Waals surface area contributed by atoms with Gasteiger partial charge in [0.25, 0.3) is 0 Å². The summed E-state index contributed by atoms with van der Waals surface area (Å²) >= 11 is 1.75. The maximum Gasteiger partial charge on any atom is 0.191 e. The zero-order valence-electron chi connectivity index (χ0n) is 12.7. The summed E-state index contributed by atoms with van der Waals surface area (Å²) in [6.45, 7) is 12.3. The van der Waals surface area contributed by atoms with Crippen molar-refractivity contribution < 1.29 is 0 Å². The van der Waals surface area contributed by atoms with E-state index in [1.54, 1.807) is 11.3 Å². The van der Waals surface area contributed by atoms with Crippen LogP contribution in [0.15, 0.2) is 22.5 Å². The molecule has 0 bridgehead atoms. The molecular formula is C14H27IN4S. The van der Waals surface area contributed by atoms with E-state index in [9.17, 15) is 0 Å². The van der Waals surface area contributed by atoms with Crippen molar-refractivity contribution in [3.63, 3.8) is 0 Å². The fourth-order valence-corrected chi connectivity index (χ4v) is 2.40. The third-order valence-corrected chi connectivity index (χ3v) is 3.79. The minimum absolute atomic E-state index is 0. The lowest BCUT2D eigenvalue weighted by Crippen LogP contribution is -2.41. The zero-order valence-corrected chi connectivity index (χ0v) is 15.8. The molecule has 0 atom stereocenters. The number of thiophene rings is 1. The summed E-state index contributed by atoms with van der Waals surface area (Å²) in [6.07, 6.45) is 0. The Morgan fingerprint density at radius 1 is 1.25 bits per heavy atom. The smallest absolute Gasteiger partial charge is 0.191 e. The third kappa shape index (κ3) is 8.06. The molecule has 0 amide bonds. The van der Waals surface area contributed by atoms with Gasteiger partial charge in [-0.3, -0.25) is 0 Å². The second-order valence-electron chi connectivity index (χ2n) is 4.23. The first-order valence-corrected chi connectivity index (χ1v) is 7.95. The number of guanidine groups is 1. The average molecular weight is 410 g/mol. The highest BCUT2D eigenvalue weighted by Crippen LogP contribution is 2.09. The highest BCUT2D eigenvalue weighted by atomic mass is 127. The van der Waals surface area contributed by atoms with Gasteiger partial charge in [-0.05, 0) is 31.5 Å². The quantitative estimate of drug-likeness (QED) is 0.393. The molecule has 6 heteroatoms. The zero-order chi connectivity index (χ0) is 13.9. The monoisotopic (exact) mass is 410 g/mol. The summed E-state index contributed by atoms with van der Waals surface area (Å²) in [7, 11) is 0. The molecule has 116 valence electrons. The first-order valence-electron chi connectivity index (χ1n) is 7.07. The van der Waals surface area contributed by atoms with Crippen LogP contribution in [0.2, 0.25) is 0 Å². The molecule has 0 spiro atoms. The SMILES string of the molecule is CCNC(=NCc1cccs1)NCCN(CC)CC.I. The molecule has 0 radical (unpaired) electrons. The van der Waals surface area contributed by atoms with Crippen molar-refractivity contribution in [1.82, 2.24) is 15.5 Å². The Hall–Kier alpha value is -0.340. The minimum Gasteiger partial charge on any atom is -0.357 e. The predicted octanol–water partition coefficient (Wildman–Crippen LogP) is 2.76. The van der Waals surface area contributed by atoms with Crippen LogP contribution < -0.4 is 10.6 Å². The molecule has 1 heterocycles. The van der Waals surface area contributed by atoms with Crippen LogP contribution in [0.4, 0.5) is 0 Å². The normalized spacial score (nSPS) is 11.3. The first-order chi connectivity index (χ1) is 9.30. The van der Waals surface area contributed by atoms with Crippen LogP contribution in [0.25, 0.3) is 0 Å². The molecule has 0 aliphatic carbocycles. The van der Waals surface area contributed by atoms with E-state index in [-0.39, 0.29) is 24.0 Å². The molecule has 0 aromatic carbocycles. The van der Waals surface area contributed by atoms with Crippen molar-refractivity contribution in [2.75, 3.05) is 32.7 Å². The van der Waals surface area contributed by atoms with Gasteiger partial charge in [0.2, 0.25) is 0 Å². The van der Waals surface area contributed by atoms with E-state index < -0.39 is 0 Å². The molecule has 1 aromatic rings. The van der Waals surface area contributed by atoms with Crippen LogP contribution >= 0.6 is 35.3 Å². The van der Waals surface area contributed by atoms with Gasteiger partial charge in [0.05, 0.1) is 6.54 Å². The number of rotatable bonds is 8. The number of halogens is 1. The highest BCUT2D eigenvalue weighted by Gasteiger charge is 2.01. The predicted molar refractivity (Wildman–Crippen MR) is 100 cm³/mol. The van der Waals surface area contributed by atoms with E-state index in [0.717, 1.165) is 45.2 Å². The molecule has 0 aliphatic rings. The minimum atomic E-state index is 0. The molecule has 1 rings (SSSR count). The number of hydrogen-bond donors (Lipinski definition) is 2. The second-order valence-corrected chi connectivity index (χ2v) is 5.26. The van der Waals surface area contributed by atoms with Crippen molar-refractivity contribution in [2.24, 2.45) is 4.99 Å². The standard InChI is InChI=1S/C14H26N4S.HI/c1-4-15-14(16-9-10-18(5-2)6-3)17-12-13-8-7-11-19-13;/h7-8,11H,4-6,9-10,12H2,1-3H3,(H2,15,16,17);1H. The molecule has 20 heavy (non-hydrogen) atoms. The van der Waals surface area contributed by atoms with E-state index in [1.807, 2.05) is 0 Å². The molecule has 1 aromatic heterocycles. The van der Waals surface area contributed by atoms with Crippen molar-refractivity contribution in [3.8, 4) is 0 Å². The van der Waals surface area contributed by atoms with Crippen molar-refractivity contribution in [1.29, 1.82) is 0 Å². The van der Waals surface area contributed by atoms with E-state index in [0.29, 0.717) is 0 Å². The summed E-state index contributed by atoms with van der Waals surface area (Å²) in [4.78, 5) is 8.28. The second kappa shape index (κ2) is 12.4. The van der Waals surface area contributed by atoms with E-state index in [1.165, 1.54) is 4.88 Å². The molecule has 2 N–H and O–H groups in total. The van der Waals surface area contributed by atoms with Crippen LogP contribution in [0, 0.1) is 0 Å². The lowest BCUT2D eigenvalue weighted by molar-refractivity contribution is 0.308. The summed E-state index contributed by atoms with van der Waals surface area (Å²) in [5, 5.41) is 8.75. The Kier molecular flexibility index (Phi) is 12.2. The molecule has 4 nitrogen and oxygen atoms in total. The largest absolute Gasteiger partial charge is 0.357 e. The van der Waals surface area contributed by atoms with Crippen molar-refractivity contribution in [3.05, 3.63) is 22.4 Å². The van der Waals surface area contributed by atoms with Gasteiger partial charge in [-0.1, -0.05) is 19.9 Å². The van der Waals surface area contributed by atoms with Gasteiger partial charge in [0.15, 0.2) is 5.96 Å². The van der Waals surface area contributed by atoms with Gasteiger partial charge in [0.1, 0.15) is 0 Å². The third-order valence-electron chi connectivity index (χ3n) is 2.93. The maximum atomic E-state index is 4.59. The average Bonchev–Trinajstić information content (AvgIpc) is 2.94. The van der Waals surface area contributed by atoms with E-state index in [2.05, 4.69) is 58.8 Å². The molecular weight excluding hydrogens is 383 g/mol. The molecule has 0 saturated heterocycles. The Bertz CT molecular complexity index is 350. The van der Waals surface area contributed by atoms with Crippen LogP contribution in [0.5, 0.6) is 0 Å².